The lowest BCUT2D eigenvalue weighted by atomic mass is 10.0. The van der Waals surface area contributed by atoms with Crippen molar-refractivity contribution in [2.24, 2.45) is 0 Å². The molecule has 4 rings (SSSR count). The maximum Gasteiger partial charge on any atom is 0.248 e. The molecule has 2 heteroatoms. The van der Waals surface area contributed by atoms with Gasteiger partial charge in [-0.3, -0.25) is 4.79 Å². The van der Waals surface area contributed by atoms with Crippen LogP contribution in [0.1, 0.15) is 0 Å². The number of aromatic nitrogens is 1. The van der Waals surface area contributed by atoms with Gasteiger partial charge in [-0.2, -0.15) is 0 Å². The standard InChI is InChI=1S/C17H11NO/c19-17-8-7-13-9-12-6-5-11-3-1-2-4-14(11)15(12)10-16(13)18-17/h1-10H,(H,18,19). The van der Waals surface area contributed by atoms with Crippen LogP contribution < -0.4 is 5.56 Å². The maximum absolute atomic E-state index is 11.4. The van der Waals surface area contributed by atoms with Crippen LogP contribution in [0, 0.1) is 0 Å². The lowest BCUT2D eigenvalue weighted by Gasteiger charge is -2.05. The van der Waals surface area contributed by atoms with E-state index in [4.69, 9.17) is 0 Å². The van der Waals surface area contributed by atoms with E-state index in [0.717, 1.165) is 10.9 Å². The molecule has 4 aromatic rings. The summed E-state index contributed by atoms with van der Waals surface area (Å²) in [4.78, 5) is 14.3. The lowest BCUT2D eigenvalue weighted by Crippen LogP contribution is -2.02. The molecule has 19 heavy (non-hydrogen) atoms. The molecule has 0 radical (unpaired) electrons. The van der Waals surface area contributed by atoms with E-state index in [1.165, 1.54) is 21.5 Å². The van der Waals surface area contributed by atoms with Crippen LogP contribution in [0.5, 0.6) is 0 Å². The topological polar surface area (TPSA) is 32.9 Å². The molecule has 0 bridgehead atoms. The van der Waals surface area contributed by atoms with E-state index in [1.54, 1.807) is 6.07 Å². The van der Waals surface area contributed by atoms with E-state index in [2.05, 4.69) is 41.4 Å². The minimum absolute atomic E-state index is 0.0629. The quantitative estimate of drug-likeness (QED) is 0.370. The van der Waals surface area contributed by atoms with Crippen LogP contribution in [0.2, 0.25) is 0 Å². The number of H-pyrrole nitrogens is 1. The van der Waals surface area contributed by atoms with Crippen molar-refractivity contribution in [2.45, 2.75) is 0 Å². The third-order valence-electron chi connectivity index (χ3n) is 3.59. The molecule has 0 aliphatic heterocycles. The van der Waals surface area contributed by atoms with E-state index < -0.39 is 0 Å². The molecule has 0 aliphatic rings. The number of hydrogen-bond acceptors (Lipinski definition) is 1. The highest BCUT2D eigenvalue weighted by atomic mass is 16.1. The number of rotatable bonds is 0. The van der Waals surface area contributed by atoms with Gasteiger partial charge in [0.2, 0.25) is 5.56 Å². The van der Waals surface area contributed by atoms with Gasteiger partial charge in [-0.1, -0.05) is 36.4 Å². The zero-order chi connectivity index (χ0) is 12.8. The monoisotopic (exact) mass is 245 g/mol. The first-order valence-electron chi connectivity index (χ1n) is 6.26. The molecule has 0 atom stereocenters. The first kappa shape index (κ1) is 10.3. The molecule has 0 amide bonds. The molecule has 3 aromatic carbocycles. The molecule has 1 N–H and O–H groups in total. The normalized spacial score (nSPS) is 11.4. The second kappa shape index (κ2) is 3.69. The fraction of sp³-hybridized carbons (Fsp3) is 0. The highest BCUT2D eigenvalue weighted by Gasteiger charge is 2.02. The molecule has 0 fully saturated rings. The van der Waals surface area contributed by atoms with Gasteiger partial charge in [0.25, 0.3) is 0 Å². The van der Waals surface area contributed by atoms with Crippen LogP contribution in [0.4, 0.5) is 0 Å². The highest BCUT2D eigenvalue weighted by molar-refractivity contribution is 6.11. The molecular formula is C17H11NO. The summed E-state index contributed by atoms with van der Waals surface area (Å²) in [7, 11) is 0. The van der Waals surface area contributed by atoms with Gasteiger partial charge >= 0.3 is 0 Å². The molecule has 90 valence electrons. The minimum atomic E-state index is -0.0629. The molecule has 0 saturated carbocycles. The zero-order valence-electron chi connectivity index (χ0n) is 10.2. The van der Waals surface area contributed by atoms with Crippen LogP contribution in [0.15, 0.2) is 65.5 Å². The van der Waals surface area contributed by atoms with Crippen molar-refractivity contribution in [1.82, 2.24) is 4.98 Å². The van der Waals surface area contributed by atoms with Gasteiger partial charge in [0.05, 0.1) is 0 Å². The van der Waals surface area contributed by atoms with Crippen molar-refractivity contribution in [3.8, 4) is 0 Å². The van der Waals surface area contributed by atoms with E-state index in [1.807, 2.05) is 18.2 Å². The first-order chi connectivity index (χ1) is 9.31. The predicted octanol–water partition coefficient (Wildman–Crippen LogP) is 3.83. The fourth-order valence-electron chi connectivity index (χ4n) is 2.66. The Hall–Kier alpha value is -2.61. The Morgan fingerprint density at radius 1 is 0.684 bits per heavy atom. The number of hydrogen-bond donors (Lipinski definition) is 1. The van der Waals surface area contributed by atoms with Crippen molar-refractivity contribution < 1.29 is 0 Å². The summed E-state index contributed by atoms with van der Waals surface area (Å²) in [6, 6.07) is 20.2. The SMILES string of the molecule is O=c1ccc2cc3ccc4ccccc4c3cc2[nH]1. The summed E-state index contributed by atoms with van der Waals surface area (Å²) in [6.07, 6.45) is 0. The Balaban J connectivity index is 2.26. The lowest BCUT2D eigenvalue weighted by molar-refractivity contribution is 1.31. The van der Waals surface area contributed by atoms with E-state index >= 15 is 0 Å². The Morgan fingerprint density at radius 2 is 1.47 bits per heavy atom. The summed E-state index contributed by atoms with van der Waals surface area (Å²) >= 11 is 0. The van der Waals surface area contributed by atoms with Crippen molar-refractivity contribution in [1.29, 1.82) is 0 Å². The molecule has 0 unspecified atom stereocenters. The van der Waals surface area contributed by atoms with Crippen molar-refractivity contribution >= 4 is 32.4 Å². The first-order valence-corrected chi connectivity index (χ1v) is 6.26. The molecule has 1 heterocycles. The summed E-state index contributed by atoms with van der Waals surface area (Å²) < 4.78 is 0. The van der Waals surface area contributed by atoms with Gasteiger partial charge in [0.15, 0.2) is 0 Å². The van der Waals surface area contributed by atoms with Gasteiger partial charge in [-0.25, -0.2) is 0 Å². The van der Waals surface area contributed by atoms with Gasteiger partial charge in [-0.15, -0.1) is 0 Å². The van der Waals surface area contributed by atoms with Gasteiger partial charge < -0.3 is 4.98 Å². The summed E-state index contributed by atoms with van der Waals surface area (Å²) in [5.41, 5.74) is 0.823. The smallest absolute Gasteiger partial charge is 0.248 e. The molecule has 2 nitrogen and oxygen atoms in total. The largest absolute Gasteiger partial charge is 0.322 e. The molecule has 0 aliphatic carbocycles. The predicted molar refractivity (Wildman–Crippen MR) is 79.6 cm³/mol. The number of fused-ring (bicyclic) bond motifs is 4. The van der Waals surface area contributed by atoms with E-state index in [-0.39, 0.29) is 5.56 Å². The van der Waals surface area contributed by atoms with Gasteiger partial charge in [0, 0.05) is 11.6 Å². The van der Waals surface area contributed by atoms with Crippen molar-refractivity contribution in [3.05, 3.63) is 71.0 Å². The summed E-state index contributed by atoms with van der Waals surface area (Å²) in [5, 5.41) is 5.85. The maximum atomic E-state index is 11.4. The van der Waals surface area contributed by atoms with E-state index in [0.29, 0.717) is 0 Å². The third-order valence-corrected chi connectivity index (χ3v) is 3.59. The molecule has 0 saturated heterocycles. The highest BCUT2D eigenvalue weighted by Crippen LogP contribution is 2.28. The molecule has 0 spiro atoms. The van der Waals surface area contributed by atoms with E-state index in [9.17, 15) is 4.79 Å². The van der Waals surface area contributed by atoms with Crippen LogP contribution >= 0.6 is 0 Å². The average molecular weight is 245 g/mol. The molecule has 1 aromatic heterocycles. The molecular weight excluding hydrogens is 234 g/mol. The Bertz CT molecular complexity index is 982. The van der Waals surface area contributed by atoms with Crippen LogP contribution in [-0.4, -0.2) is 4.98 Å². The van der Waals surface area contributed by atoms with Crippen molar-refractivity contribution in [2.75, 3.05) is 0 Å². The number of pyridine rings is 1. The fourth-order valence-corrected chi connectivity index (χ4v) is 2.66. The number of benzene rings is 3. The second-order valence-electron chi connectivity index (χ2n) is 4.77. The Kier molecular flexibility index (Phi) is 2.00. The Labute approximate surface area is 109 Å². The summed E-state index contributed by atoms with van der Waals surface area (Å²) in [5.74, 6) is 0. The second-order valence-corrected chi connectivity index (χ2v) is 4.77. The minimum Gasteiger partial charge on any atom is -0.322 e. The van der Waals surface area contributed by atoms with Gasteiger partial charge in [0.1, 0.15) is 0 Å². The number of nitrogens with one attached hydrogen (secondary N) is 1. The van der Waals surface area contributed by atoms with Crippen LogP contribution in [0.25, 0.3) is 32.4 Å². The van der Waals surface area contributed by atoms with Crippen LogP contribution in [-0.2, 0) is 0 Å². The van der Waals surface area contributed by atoms with Gasteiger partial charge in [-0.05, 0) is 45.1 Å². The van der Waals surface area contributed by atoms with Crippen LogP contribution in [0.3, 0.4) is 0 Å². The average Bonchev–Trinajstić information content (AvgIpc) is 2.45. The Morgan fingerprint density at radius 3 is 2.42 bits per heavy atom. The number of aromatic amines is 1. The summed E-state index contributed by atoms with van der Waals surface area (Å²) in [6.45, 7) is 0. The third kappa shape index (κ3) is 1.54. The zero-order valence-corrected chi connectivity index (χ0v) is 10.2. The van der Waals surface area contributed by atoms with Crippen molar-refractivity contribution in [3.63, 3.8) is 0 Å².